The number of benzene rings is 1. The van der Waals surface area contributed by atoms with Crippen molar-refractivity contribution in [3.8, 4) is 0 Å². The zero-order chi connectivity index (χ0) is 11.8. The van der Waals surface area contributed by atoms with Crippen LogP contribution in [0.2, 0.25) is 0 Å². The molecular weight excluding hydrogens is 266 g/mol. The van der Waals surface area contributed by atoms with Crippen LogP contribution in [-0.4, -0.2) is 19.0 Å². The van der Waals surface area contributed by atoms with Crippen molar-refractivity contribution in [2.75, 3.05) is 13.1 Å². The second-order valence-electron chi connectivity index (χ2n) is 3.31. The quantitative estimate of drug-likeness (QED) is 0.493. The van der Waals surface area contributed by atoms with E-state index < -0.39 is 0 Å². The highest BCUT2D eigenvalue weighted by molar-refractivity contribution is 9.10. The number of halogens is 1. The molecule has 0 radical (unpaired) electrons. The van der Waals surface area contributed by atoms with Gasteiger partial charge < -0.3 is 11.1 Å². The van der Waals surface area contributed by atoms with E-state index in [0.717, 1.165) is 10.9 Å². The lowest BCUT2D eigenvalue weighted by Crippen LogP contribution is -2.31. The van der Waals surface area contributed by atoms with Crippen LogP contribution in [0.5, 0.6) is 0 Å². The van der Waals surface area contributed by atoms with E-state index in [1.54, 1.807) is 6.08 Å². The highest BCUT2D eigenvalue weighted by atomic mass is 79.9. The third kappa shape index (κ3) is 4.98. The Hall–Kier alpha value is -1.29. The number of hydrogen-bond acceptors (Lipinski definition) is 1. The lowest BCUT2D eigenvalue weighted by molar-refractivity contribution is 0.929. The smallest absolute Gasteiger partial charge is 0.188 e. The van der Waals surface area contributed by atoms with Crippen LogP contribution in [0.25, 0.3) is 0 Å². The summed E-state index contributed by atoms with van der Waals surface area (Å²) in [5.41, 5.74) is 6.88. The summed E-state index contributed by atoms with van der Waals surface area (Å²) < 4.78 is 1.09. The molecule has 0 saturated carbocycles. The molecule has 3 N–H and O–H groups in total. The molecule has 0 unspecified atom stereocenters. The maximum Gasteiger partial charge on any atom is 0.188 e. The summed E-state index contributed by atoms with van der Waals surface area (Å²) >= 11 is 3.40. The molecule has 0 atom stereocenters. The summed E-state index contributed by atoms with van der Waals surface area (Å²) in [5.74, 6) is 0.469. The first-order chi connectivity index (χ1) is 7.72. The molecule has 0 aliphatic rings. The fourth-order valence-electron chi connectivity index (χ4n) is 1.19. The summed E-state index contributed by atoms with van der Waals surface area (Å²) in [4.78, 5) is 4.20. The topological polar surface area (TPSA) is 50.4 Å². The van der Waals surface area contributed by atoms with Crippen LogP contribution in [0.3, 0.4) is 0 Å². The van der Waals surface area contributed by atoms with Crippen LogP contribution in [0, 0.1) is 0 Å². The Kier molecular flexibility index (Phi) is 5.64. The van der Waals surface area contributed by atoms with Gasteiger partial charge in [0.25, 0.3) is 0 Å². The van der Waals surface area contributed by atoms with Gasteiger partial charge in [-0.05, 0) is 24.1 Å². The predicted molar refractivity (Wildman–Crippen MR) is 72.5 cm³/mol. The molecule has 0 aromatic heterocycles. The number of guanidine groups is 1. The van der Waals surface area contributed by atoms with Crippen molar-refractivity contribution in [1.29, 1.82) is 0 Å². The van der Waals surface area contributed by atoms with Gasteiger partial charge in [-0.3, -0.25) is 4.99 Å². The molecule has 0 spiro atoms. The average Bonchev–Trinajstić information content (AvgIpc) is 2.29. The summed E-state index contributed by atoms with van der Waals surface area (Å²) in [7, 11) is 0. The Morgan fingerprint density at radius 3 is 2.75 bits per heavy atom. The maximum absolute atomic E-state index is 5.63. The maximum atomic E-state index is 5.63. The minimum atomic E-state index is 0.469. The average molecular weight is 282 g/mol. The molecule has 0 aliphatic heterocycles. The second-order valence-corrected chi connectivity index (χ2v) is 4.23. The van der Waals surface area contributed by atoms with Crippen molar-refractivity contribution in [2.24, 2.45) is 10.7 Å². The standard InChI is InChI=1S/C12H16BrN3/c1-2-8-15-12(14)16-9-7-10-3-5-11(13)6-4-10/h2-6H,1,7-9H2,(H3,14,15,16). The van der Waals surface area contributed by atoms with Crippen LogP contribution < -0.4 is 11.1 Å². The van der Waals surface area contributed by atoms with Gasteiger partial charge in [-0.2, -0.15) is 0 Å². The zero-order valence-corrected chi connectivity index (χ0v) is 10.7. The third-order valence-corrected chi connectivity index (χ3v) is 2.55. The van der Waals surface area contributed by atoms with Crippen LogP contribution in [0.15, 0.2) is 46.4 Å². The van der Waals surface area contributed by atoms with Crippen molar-refractivity contribution >= 4 is 21.9 Å². The molecule has 0 saturated heterocycles. The Balaban J connectivity index is 2.34. The fourth-order valence-corrected chi connectivity index (χ4v) is 1.45. The van der Waals surface area contributed by atoms with Crippen LogP contribution in [-0.2, 0) is 6.42 Å². The first-order valence-corrected chi connectivity index (χ1v) is 5.91. The second kappa shape index (κ2) is 7.06. The van der Waals surface area contributed by atoms with Gasteiger partial charge in [-0.25, -0.2) is 0 Å². The van der Waals surface area contributed by atoms with E-state index in [0.29, 0.717) is 19.0 Å². The lowest BCUT2D eigenvalue weighted by Gasteiger charge is -2.02. The van der Waals surface area contributed by atoms with Crippen molar-refractivity contribution in [2.45, 2.75) is 6.42 Å². The molecule has 0 bridgehead atoms. The monoisotopic (exact) mass is 281 g/mol. The lowest BCUT2D eigenvalue weighted by atomic mass is 10.2. The van der Waals surface area contributed by atoms with E-state index in [9.17, 15) is 0 Å². The molecule has 16 heavy (non-hydrogen) atoms. The first-order valence-electron chi connectivity index (χ1n) is 5.11. The Morgan fingerprint density at radius 2 is 2.12 bits per heavy atom. The summed E-state index contributed by atoms with van der Waals surface area (Å²) in [6, 6.07) is 8.21. The molecule has 0 aliphatic carbocycles. The number of hydrogen-bond donors (Lipinski definition) is 2. The van der Waals surface area contributed by atoms with Gasteiger partial charge in [0, 0.05) is 17.6 Å². The van der Waals surface area contributed by atoms with Crippen molar-refractivity contribution in [3.63, 3.8) is 0 Å². The van der Waals surface area contributed by atoms with Gasteiger partial charge in [0.1, 0.15) is 0 Å². The third-order valence-electron chi connectivity index (χ3n) is 2.02. The van der Waals surface area contributed by atoms with Gasteiger partial charge in [0.15, 0.2) is 5.96 Å². The number of nitrogens with one attached hydrogen (secondary N) is 1. The van der Waals surface area contributed by atoms with Crippen molar-refractivity contribution < 1.29 is 0 Å². The summed E-state index contributed by atoms with van der Waals surface area (Å²) in [6.45, 7) is 4.93. The van der Waals surface area contributed by atoms with Crippen LogP contribution in [0.1, 0.15) is 5.56 Å². The van der Waals surface area contributed by atoms with E-state index in [4.69, 9.17) is 5.73 Å². The van der Waals surface area contributed by atoms with Crippen LogP contribution >= 0.6 is 15.9 Å². The summed E-state index contributed by atoms with van der Waals surface area (Å²) in [6.07, 6.45) is 2.64. The highest BCUT2D eigenvalue weighted by Crippen LogP contribution is 2.10. The summed E-state index contributed by atoms with van der Waals surface area (Å²) in [5, 5.41) is 2.93. The molecule has 86 valence electrons. The van der Waals surface area contributed by atoms with E-state index in [2.05, 4.69) is 45.0 Å². The van der Waals surface area contributed by atoms with Gasteiger partial charge in [-0.15, -0.1) is 6.58 Å². The Labute approximate surface area is 105 Å². The number of nitrogens with two attached hydrogens (primary N) is 1. The predicted octanol–water partition coefficient (Wildman–Crippen LogP) is 2.08. The number of nitrogens with zero attached hydrogens (tertiary/aromatic N) is 1. The van der Waals surface area contributed by atoms with Gasteiger partial charge >= 0.3 is 0 Å². The molecular formula is C12H16BrN3. The van der Waals surface area contributed by atoms with Crippen molar-refractivity contribution in [3.05, 3.63) is 47.0 Å². The van der Waals surface area contributed by atoms with E-state index in [1.165, 1.54) is 5.56 Å². The largest absolute Gasteiger partial charge is 0.370 e. The van der Waals surface area contributed by atoms with Gasteiger partial charge in [0.2, 0.25) is 0 Å². The normalized spacial score (nSPS) is 11.2. The molecule has 1 aromatic rings. The molecule has 1 rings (SSSR count). The molecule has 0 fully saturated rings. The zero-order valence-electron chi connectivity index (χ0n) is 9.12. The number of rotatable bonds is 5. The Bertz CT molecular complexity index is 357. The molecule has 1 aromatic carbocycles. The molecule has 4 heteroatoms. The molecule has 0 heterocycles. The van der Waals surface area contributed by atoms with E-state index in [-0.39, 0.29) is 0 Å². The Morgan fingerprint density at radius 1 is 1.44 bits per heavy atom. The van der Waals surface area contributed by atoms with E-state index >= 15 is 0 Å². The van der Waals surface area contributed by atoms with Crippen molar-refractivity contribution in [1.82, 2.24) is 5.32 Å². The number of aliphatic imine (C=N–C) groups is 1. The van der Waals surface area contributed by atoms with Crippen LogP contribution in [0.4, 0.5) is 0 Å². The SMILES string of the molecule is C=CCNC(N)=NCCc1ccc(Br)cc1. The van der Waals surface area contributed by atoms with Gasteiger partial charge in [-0.1, -0.05) is 34.1 Å². The molecule has 0 amide bonds. The van der Waals surface area contributed by atoms with E-state index in [1.807, 2.05) is 12.1 Å². The van der Waals surface area contributed by atoms with Gasteiger partial charge in [0.05, 0.1) is 0 Å². The minimum absolute atomic E-state index is 0.469. The highest BCUT2D eigenvalue weighted by Gasteiger charge is 1.93. The minimum Gasteiger partial charge on any atom is -0.370 e. The molecule has 3 nitrogen and oxygen atoms in total. The first kappa shape index (κ1) is 12.8. The fraction of sp³-hybridized carbons (Fsp3) is 0.250.